The van der Waals surface area contributed by atoms with E-state index in [1.54, 1.807) is 0 Å². The number of hydrogen-bond donors (Lipinski definition) is 0. The van der Waals surface area contributed by atoms with Gasteiger partial charge in [0.25, 0.3) is 0 Å². The predicted octanol–water partition coefficient (Wildman–Crippen LogP) is 2.91. The van der Waals surface area contributed by atoms with E-state index in [-0.39, 0.29) is 0 Å². The molecule has 0 saturated carbocycles. The van der Waals surface area contributed by atoms with Crippen molar-refractivity contribution in [2.75, 3.05) is 13.2 Å². The van der Waals surface area contributed by atoms with E-state index in [9.17, 15) is 0 Å². The van der Waals surface area contributed by atoms with Gasteiger partial charge < -0.3 is 4.74 Å². The first-order valence-corrected chi connectivity index (χ1v) is 6.09. The number of nitrogens with zero attached hydrogens (tertiary/aromatic N) is 2. The minimum absolute atomic E-state index is 0.525. The first-order chi connectivity index (χ1) is 7.61. The molecule has 0 aliphatic rings. The summed E-state index contributed by atoms with van der Waals surface area (Å²) in [6.45, 7) is 7.67. The molecule has 16 heavy (non-hydrogen) atoms. The van der Waals surface area contributed by atoms with Crippen LogP contribution in [0.4, 0.5) is 0 Å². The Hall–Kier alpha value is -0.670. The van der Waals surface area contributed by atoms with Gasteiger partial charge in [0.2, 0.25) is 0 Å². The van der Waals surface area contributed by atoms with Crippen molar-refractivity contribution in [3.63, 3.8) is 0 Å². The molecule has 3 nitrogen and oxygen atoms in total. The van der Waals surface area contributed by atoms with Crippen LogP contribution in [0.15, 0.2) is 6.07 Å². The van der Waals surface area contributed by atoms with E-state index in [0.29, 0.717) is 17.7 Å². The largest absolute Gasteiger partial charge is 0.381 e. The van der Waals surface area contributed by atoms with Gasteiger partial charge in [0.05, 0.1) is 6.61 Å². The van der Waals surface area contributed by atoms with E-state index in [1.165, 1.54) is 0 Å². The normalized spacial score (nSPS) is 11.1. The van der Waals surface area contributed by atoms with Crippen molar-refractivity contribution in [1.29, 1.82) is 0 Å². The van der Waals surface area contributed by atoms with E-state index in [4.69, 9.17) is 16.3 Å². The van der Waals surface area contributed by atoms with Crippen LogP contribution in [-0.4, -0.2) is 23.2 Å². The summed E-state index contributed by atoms with van der Waals surface area (Å²) in [4.78, 5) is 8.66. The Labute approximate surface area is 102 Å². The Bertz CT molecular complexity index is 329. The van der Waals surface area contributed by atoms with Gasteiger partial charge in [0.15, 0.2) is 0 Å². The molecule has 0 fully saturated rings. The number of hydrogen-bond acceptors (Lipinski definition) is 3. The summed E-state index contributed by atoms with van der Waals surface area (Å²) in [5.74, 6) is 1.35. The number of halogens is 1. The molecule has 0 unspecified atom stereocenters. The van der Waals surface area contributed by atoms with Gasteiger partial charge in [0, 0.05) is 18.7 Å². The zero-order valence-electron chi connectivity index (χ0n) is 10.2. The van der Waals surface area contributed by atoms with Crippen molar-refractivity contribution in [2.45, 2.75) is 33.6 Å². The predicted molar refractivity (Wildman–Crippen MR) is 65.8 cm³/mol. The fourth-order valence-corrected chi connectivity index (χ4v) is 1.68. The van der Waals surface area contributed by atoms with Crippen LogP contribution in [0.5, 0.6) is 0 Å². The summed E-state index contributed by atoms with van der Waals surface area (Å²) in [5, 5.41) is 0.525. The van der Waals surface area contributed by atoms with Gasteiger partial charge in [-0.15, -0.1) is 0 Å². The molecule has 0 bridgehead atoms. The first kappa shape index (κ1) is 13.4. The summed E-state index contributed by atoms with van der Waals surface area (Å²) < 4.78 is 5.28. The number of rotatable bonds is 6. The van der Waals surface area contributed by atoms with Crippen LogP contribution >= 0.6 is 11.6 Å². The summed E-state index contributed by atoms with van der Waals surface area (Å²) in [6, 6.07) is 1.84. The highest BCUT2D eigenvalue weighted by molar-refractivity contribution is 6.29. The fourth-order valence-electron chi connectivity index (χ4n) is 1.46. The average Bonchev–Trinajstić information content (AvgIpc) is 2.16. The first-order valence-electron chi connectivity index (χ1n) is 5.72. The maximum atomic E-state index is 5.95. The molecule has 1 heterocycles. The van der Waals surface area contributed by atoms with Gasteiger partial charge in [-0.2, -0.15) is 0 Å². The lowest BCUT2D eigenvalue weighted by atomic mass is 10.1. The van der Waals surface area contributed by atoms with Crippen LogP contribution in [0, 0.1) is 5.92 Å². The van der Waals surface area contributed by atoms with E-state index in [2.05, 4.69) is 23.8 Å². The molecular weight excluding hydrogens is 224 g/mol. The second kappa shape index (κ2) is 6.81. The Morgan fingerprint density at radius 1 is 1.38 bits per heavy atom. The van der Waals surface area contributed by atoms with Gasteiger partial charge in [-0.05, 0) is 25.3 Å². The van der Waals surface area contributed by atoms with Crippen LogP contribution in [0.3, 0.4) is 0 Å². The molecule has 1 aromatic heterocycles. The van der Waals surface area contributed by atoms with E-state index in [0.717, 1.165) is 31.0 Å². The number of aromatic nitrogens is 2. The molecule has 4 heteroatoms. The molecule has 0 aromatic carbocycles. The standard InChI is InChI=1S/C12H19ClN2O/c1-4-16-6-5-12-14-10(7-9(2)3)8-11(13)15-12/h8-9H,4-7H2,1-3H3. The van der Waals surface area contributed by atoms with E-state index in [1.807, 2.05) is 13.0 Å². The SMILES string of the molecule is CCOCCc1nc(Cl)cc(CC(C)C)n1. The van der Waals surface area contributed by atoms with Crippen molar-refractivity contribution < 1.29 is 4.74 Å². The monoisotopic (exact) mass is 242 g/mol. The van der Waals surface area contributed by atoms with Crippen LogP contribution in [0.25, 0.3) is 0 Å². The molecule has 0 aliphatic carbocycles. The average molecular weight is 243 g/mol. The highest BCUT2D eigenvalue weighted by Gasteiger charge is 2.05. The van der Waals surface area contributed by atoms with Crippen molar-refractivity contribution >= 4 is 11.6 Å². The smallest absolute Gasteiger partial charge is 0.133 e. The third kappa shape index (κ3) is 4.90. The van der Waals surface area contributed by atoms with Gasteiger partial charge in [-0.25, -0.2) is 9.97 Å². The van der Waals surface area contributed by atoms with Gasteiger partial charge in [0.1, 0.15) is 11.0 Å². The zero-order chi connectivity index (χ0) is 12.0. The second-order valence-electron chi connectivity index (χ2n) is 4.14. The van der Waals surface area contributed by atoms with Gasteiger partial charge >= 0.3 is 0 Å². The molecule has 0 saturated heterocycles. The Kier molecular flexibility index (Phi) is 5.71. The number of ether oxygens (including phenoxy) is 1. The summed E-state index contributed by atoms with van der Waals surface area (Å²) in [7, 11) is 0. The minimum atomic E-state index is 0.525. The summed E-state index contributed by atoms with van der Waals surface area (Å²) in [5.41, 5.74) is 1.02. The Balaban J connectivity index is 2.65. The molecule has 0 amide bonds. The van der Waals surface area contributed by atoms with Crippen molar-refractivity contribution in [3.8, 4) is 0 Å². The molecule has 0 N–H and O–H groups in total. The van der Waals surface area contributed by atoms with Crippen LogP contribution < -0.4 is 0 Å². The van der Waals surface area contributed by atoms with Crippen LogP contribution in [0.2, 0.25) is 5.15 Å². The fraction of sp³-hybridized carbons (Fsp3) is 0.667. The quantitative estimate of drug-likeness (QED) is 0.568. The molecule has 1 rings (SSSR count). The molecule has 0 radical (unpaired) electrons. The molecule has 0 aliphatic heterocycles. The Morgan fingerprint density at radius 2 is 2.12 bits per heavy atom. The topological polar surface area (TPSA) is 35.0 Å². The van der Waals surface area contributed by atoms with Crippen LogP contribution in [-0.2, 0) is 17.6 Å². The van der Waals surface area contributed by atoms with Crippen molar-refractivity contribution in [1.82, 2.24) is 9.97 Å². The van der Waals surface area contributed by atoms with Gasteiger partial charge in [-0.3, -0.25) is 0 Å². The summed E-state index contributed by atoms with van der Waals surface area (Å²) >= 11 is 5.95. The maximum absolute atomic E-state index is 5.95. The summed E-state index contributed by atoms with van der Waals surface area (Å²) in [6.07, 6.45) is 1.66. The van der Waals surface area contributed by atoms with Gasteiger partial charge in [-0.1, -0.05) is 25.4 Å². The third-order valence-electron chi connectivity index (χ3n) is 2.09. The lowest BCUT2D eigenvalue weighted by Crippen LogP contribution is -2.06. The Morgan fingerprint density at radius 3 is 2.75 bits per heavy atom. The van der Waals surface area contributed by atoms with Crippen molar-refractivity contribution in [3.05, 3.63) is 22.7 Å². The minimum Gasteiger partial charge on any atom is -0.381 e. The van der Waals surface area contributed by atoms with E-state index < -0.39 is 0 Å². The molecular formula is C12H19ClN2O. The molecule has 0 atom stereocenters. The molecule has 0 spiro atoms. The third-order valence-corrected chi connectivity index (χ3v) is 2.28. The molecule has 90 valence electrons. The lowest BCUT2D eigenvalue weighted by molar-refractivity contribution is 0.149. The zero-order valence-corrected chi connectivity index (χ0v) is 10.9. The maximum Gasteiger partial charge on any atom is 0.133 e. The highest BCUT2D eigenvalue weighted by Crippen LogP contribution is 2.11. The van der Waals surface area contributed by atoms with Crippen LogP contribution in [0.1, 0.15) is 32.3 Å². The lowest BCUT2D eigenvalue weighted by Gasteiger charge is -2.07. The van der Waals surface area contributed by atoms with Crippen molar-refractivity contribution in [2.24, 2.45) is 5.92 Å². The van der Waals surface area contributed by atoms with E-state index >= 15 is 0 Å². The molecule has 1 aromatic rings. The second-order valence-corrected chi connectivity index (χ2v) is 4.53. The highest BCUT2D eigenvalue weighted by atomic mass is 35.5.